The fraction of sp³-hybridized carbons (Fsp3) is 0.846. The van der Waals surface area contributed by atoms with Crippen molar-refractivity contribution in [3.8, 4) is 0 Å². The summed E-state index contributed by atoms with van der Waals surface area (Å²) in [6.45, 7) is 5.76. The van der Waals surface area contributed by atoms with Gasteiger partial charge in [-0.1, -0.05) is 26.7 Å². The normalized spacial score (nSPS) is 18.3. The first kappa shape index (κ1) is 15.0. The predicted molar refractivity (Wildman–Crippen MR) is 70.8 cm³/mol. The highest BCUT2D eigenvalue weighted by Gasteiger charge is 2.24. The van der Waals surface area contributed by atoms with Crippen molar-refractivity contribution >= 4 is 11.8 Å². The van der Waals surface area contributed by atoms with Gasteiger partial charge in [-0.3, -0.25) is 9.59 Å². The minimum absolute atomic E-state index is 0.00819. The third-order valence-electron chi connectivity index (χ3n) is 3.24. The molecule has 0 aromatic heterocycles. The molecule has 4 N–H and O–H groups in total. The molecular weight excluding hydrogens is 230 g/mol. The summed E-state index contributed by atoms with van der Waals surface area (Å²) in [6.07, 6.45) is 3.59. The van der Waals surface area contributed by atoms with Gasteiger partial charge in [0.05, 0.1) is 12.6 Å². The lowest BCUT2D eigenvalue weighted by molar-refractivity contribution is -0.127. The van der Waals surface area contributed by atoms with E-state index in [2.05, 4.69) is 10.6 Å². The van der Waals surface area contributed by atoms with Crippen LogP contribution in [0.4, 0.5) is 0 Å². The summed E-state index contributed by atoms with van der Waals surface area (Å²) >= 11 is 0. The van der Waals surface area contributed by atoms with Crippen LogP contribution in [-0.4, -0.2) is 30.4 Å². The molecule has 0 aromatic rings. The monoisotopic (exact) mass is 255 g/mol. The summed E-state index contributed by atoms with van der Waals surface area (Å²) in [5.74, 6) is 0.438. The highest BCUT2D eigenvalue weighted by atomic mass is 16.2. The summed E-state index contributed by atoms with van der Waals surface area (Å²) in [4.78, 5) is 23.1. The number of nitrogens with two attached hydrogens (primary N) is 1. The molecule has 2 amide bonds. The van der Waals surface area contributed by atoms with Crippen molar-refractivity contribution in [1.29, 1.82) is 0 Å². The maximum absolute atomic E-state index is 11.6. The molecule has 0 spiro atoms. The lowest BCUT2D eigenvalue weighted by atomic mass is 10.1. The summed E-state index contributed by atoms with van der Waals surface area (Å²) in [5, 5.41) is 5.44. The molecular formula is C13H25N3O2. The van der Waals surface area contributed by atoms with Crippen LogP contribution in [0.15, 0.2) is 0 Å². The SMILES string of the molecule is CC(CC1CC1)NC(=O)CNC(=O)[C@@H](N)C(C)C. The number of carbonyl (C=O) groups is 2. The topological polar surface area (TPSA) is 84.2 Å². The molecule has 5 nitrogen and oxygen atoms in total. The number of carbonyl (C=O) groups excluding carboxylic acids is 2. The Bertz CT molecular complexity index is 301. The second-order valence-corrected chi connectivity index (χ2v) is 5.64. The van der Waals surface area contributed by atoms with Crippen molar-refractivity contribution in [1.82, 2.24) is 10.6 Å². The van der Waals surface area contributed by atoms with Crippen LogP contribution < -0.4 is 16.4 Å². The molecule has 18 heavy (non-hydrogen) atoms. The highest BCUT2D eigenvalue weighted by Crippen LogP contribution is 2.33. The van der Waals surface area contributed by atoms with E-state index in [4.69, 9.17) is 5.73 Å². The predicted octanol–water partition coefficient (Wildman–Crippen LogP) is 0.391. The lowest BCUT2D eigenvalue weighted by Crippen LogP contribution is -2.48. The van der Waals surface area contributed by atoms with Gasteiger partial charge in [0.2, 0.25) is 11.8 Å². The fourth-order valence-electron chi connectivity index (χ4n) is 1.83. The molecule has 0 radical (unpaired) electrons. The minimum Gasteiger partial charge on any atom is -0.352 e. The van der Waals surface area contributed by atoms with Gasteiger partial charge in [-0.2, -0.15) is 0 Å². The van der Waals surface area contributed by atoms with Crippen LogP contribution in [0.1, 0.15) is 40.0 Å². The van der Waals surface area contributed by atoms with Crippen molar-refractivity contribution in [2.24, 2.45) is 17.6 Å². The van der Waals surface area contributed by atoms with Crippen LogP contribution in [0, 0.1) is 11.8 Å². The van der Waals surface area contributed by atoms with E-state index in [0.717, 1.165) is 12.3 Å². The first-order valence-electron chi connectivity index (χ1n) is 6.72. The van der Waals surface area contributed by atoms with Crippen LogP contribution in [0.2, 0.25) is 0 Å². The number of hydrogen-bond acceptors (Lipinski definition) is 3. The Morgan fingerprint density at radius 1 is 1.28 bits per heavy atom. The Balaban J connectivity index is 2.17. The Morgan fingerprint density at radius 2 is 1.89 bits per heavy atom. The third kappa shape index (κ3) is 5.49. The molecule has 5 heteroatoms. The van der Waals surface area contributed by atoms with Crippen molar-refractivity contribution in [3.63, 3.8) is 0 Å². The maximum Gasteiger partial charge on any atom is 0.239 e. The Hall–Kier alpha value is -1.10. The van der Waals surface area contributed by atoms with Gasteiger partial charge in [-0.05, 0) is 25.2 Å². The Morgan fingerprint density at radius 3 is 2.39 bits per heavy atom. The van der Waals surface area contributed by atoms with Gasteiger partial charge in [0.15, 0.2) is 0 Å². The average Bonchev–Trinajstić information content (AvgIpc) is 3.08. The van der Waals surface area contributed by atoms with Crippen molar-refractivity contribution in [3.05, 3.63) is 0 Å². The van der Waals surface area contributed by atoms with E-state index in [1.54, 1.807) is 0 Å². The van der Waals surface area contributed by atoms with Crippen molar-refractivity contribution in [2.45, 2.75) is 52.1 Å². The van der Waals surface area contributed by atoms with Crippen LogP contribution in [-0.2, 0) is 9.59 Å². The Labute approximate surface area is 109 Å². The quantitative estimate of drug-likeness (QED) is 0.615. The first-order chi connectivity index (χ1) is 8.40. The summed E-state index contributed by atoms with van der Waals surface area (Å²) < 4.78 is 0. The fourth-order valence-corrected chi connectivity index (χ4v) is 1.83. The maximum atomic E-state index is 11.6. The molecule has 1 aliphatic carbocycles. The summed E-state index contributed by atoms with van der Waals surface area (Å²) in [7, 11) is 0. The lowest BCUT2D eigenvalue weighted by Gasteiger charge is -2.17. The zero-order chi connectivity index (χ0) is 13.7. The summed E-state index contributed by atoms with van der Waals surface area (Å²) in [5.41, 5.74) is 5.68. The number of rotatable bonds is 7. The minimum atomic E-state index is -0.554. The molecule has 0 aliphatic heterocycles. The molecule has 0 saturated heterocycles. The van der Waals surface area contributed by atoms with Crippen LogP contribution >= 0.6 is 0 Å². The molecule has 2 atom stereocenters. The standard InChI is InChI=1S/C13H25N3O2/c1-8(2)12(14)13(18)15-7-11(17)16-9(3)6-10-4-5-10/h8-10,12H,4-7,14H2,1-3H3,(H,15,18)(H,16,17)/t9?,12-/m0/s1. The zero-order valence-electron chi connectivity index (χ0n) is 11.5. The molecule has 1 aliphatic rings. The van der Waals surface area contributed by atoms with Gasteiger partial charge in [0, 0.05) is 6.04 Å². The van der Waals surface area contributed by atoms with E-state index in [-0.39, 0.29) is 30.3 Å². The Kier molecular flexibility index (Phi) is 5.59. The number of amides is 2. The number of nitrogens with one attached hydrogen (secondary N) is 2. The number of hydrogen-bond donors (Lipinski definition) is 3. The molecule has 0 bridgehead atoms. The molecule has 1 rings (SSSR count). The highest BCUT2D eigenvalue weighted by molar-refractivity contribution is 5.87. The van der Waals surface area contributed by atoms with E-state index in [9.17, 15) is 9.59 Å². The average molecular weight is 255 g/mol. The van der Waals surface area contributed by atoms with Gasteiger partial charge < -0.3 is 16.4 Å². The third-order valence-corrected chi connectivity index (χ3v) is 3.24. The zero-order valence-corrected chi connectivity index (χ0v) is 11.5. The van der Waals surface area contributed by atoms with E-state index in [1.165, 1.54) is 12.8 Å². The van der Waals surface area contributed by atoms with Gasteiger partial charge in [0.25, 0.3) is 0 Å². The van der Waals surface area contributed by atoms with Gasteiger partial charge in [-0.25, -0.2) is 0 Å². The molecule has 1 saturated carbocycles. The first-order valence-corrected chi connectivity index (χ1v) is 6.72. The van der Waals surface area contributed by atoms with E-state index in [1.807, 2.05) is 20.8 Å². The van der Waals surface area contributed by atoms with Crippen molar-refractivity contribution < 1.29 is 9.59 Å². The van der Waals surface area contributed by atoms with Gasteiger partial charge in [0.1, 0.15) is 0 Å². The van der Waals surface area contributed by atoms with Gasteiger partial charge >= 0.3 is 0 Å². The molecule has 104 valence electrons. The van der Waals surface area contributed by atoms with E-state index in [0.29, 0.717) is 0 Å². The second-order valence-electron chi connectivity index (χ2n) is 5.64. The van der Waals surface area contributed by atoms with Gasteiger partial charge in [-0.15, -0.1) is 0 Å². The second kappa shape index (κ2) is 6.73. The molecule has 1 fully saturated rings. The molecule has 0 aromatic carbocycles. The molecule has 1 unspecified atom stereocenters. The summed E-state index contributed by atoms with van der Waals surface area (Å²) in [6, 6.07) is -0.373. The van der Waals surface area contributed by atoms with E-state index < -0.39 is 6.04 Å². The van der Waals surface area contributed by atoms with Crippen LogP contribution in [0.3, 0.4) is 0 Å². The molecule has 0 heterocycles. The van der Waals surface area contributed by atoms with Crippen LogP contribution in [0.25, 0.3) is 0 Å². The largest absolute Gasteiger partial charge is 0.352 e. The van der Waals surface area contributed by atoms with Crippen LogP contribution in [0.5, 0.6) is 0 Å². The smallest absolute Gasteiger partial charge is 0.239 e. The van der Waals surface area contributed by atoms with E-state index >= 15 is 0 Å². The van der Waals surface area contributed by atoms with Crippen molar-refractivity contribution in [2.75, 3.05) is 6.54 Å².